The smallest absolute Gasteiger partial charge is 0.329 e. The van der Waals surface area contributed by atoms with Crippen LogP contribution < -0.4 is 5.73 Å². The third-order valence-corrected chi connectivity index (χ3v) is 4.71. The number of Topliss-reactive ketones (excluding diaryl/α,β-unsaturated/α-hetero) is 1. The Morgan fingerprint density at radius 2 is 1.37 bits per heavy atom. The van der Waals surface area contributed by atoms with Crippen LogP contribution >= 0.6 is 0 Å². The Hall–Kier alpha value is -1.59. The Kier molecular flexibility index (Phi) is 15.6. The van der Waals surface area contributed by atoms with Crippen molar-refractivity contribution in [2.24, 2.45) is 5.73 Å². The first-order chi connectivity index (χ1) is 12.9. The SMILES string of the molecule is CCCCCCCCCCCCCC(=O)C(CCC)N(OC(C)=O)C(=N)N. The molecule has 1 unspecified atom stereocenters. The lowest BCUT2D eigenvalue weighted by Gasteiger charge is -2.28. The molecule has 6 nitrogen and oxygen atoms in total. The van der Waals surface area contributed by atoms with Gasteiger partial charge in [-0.05, 0) is 12.8 Å². The van der Waals surface area contributed by atoms with Crippen molar-refractivity contribution < 1.29 is 14.4 Å². The highest BCUT2D eigenvalue weighted by Gasteiger charge is 2.28. The van der Waals surface area contributed by atoms with E-state index in [4.69, 9.17) is 16.0 Å². The number of nitrogens with two attached hydrogens (primary N) is 1. The fourth-order valence-electron chi connectivity index (χ4n) is 3.23. The monoisotopic (exact) mass is 383 g/mol. The minimum atomic E-state index is -0.653. The van der Waals surface area contributed by atoms with Gasteiger partial charge in [-0.25, -0.2) is 0 Å². The summed E-state index contributed by atoms with van der Waals surface area (Å²) in [5, 5.41) is 8.55. The van der Waals surface area contributed by atoms with Crippen LogP contribution in [-0.4, -0.2) is 28.8 Å². The maximum Gasteiger partial charge on any atom is 0.329 e. The number of carbonyl (C=O) groups excluding carboxylic acids is 2. The molecule has 0 aromatic heterocycles. The van der Waals surface area contributed by atoms with E-state index in [1.165, 1.54) is 58.3 Å². The molecular weight excluding hydrogens is 342 g/mol. The number of rotatable bonds is 16. The number of ketones is 1. The van der Waals surface area contributed by atoms with Crippen LogP contribution in [0, 0.1) is 5.41 Å². The van der Waals surface area contributed by atoms with E-state index in [2.05, 4.69) is 6.92 Å². The largest absolute Gasteiger partial charge is 0.368 e. The molecule has 0 spiro atoms. The lowest BCUT2D eigenvalue weighted by atomic mass is 10.0. The van der Waals surface area contributed by atoms with E-state index in [0.717, 1.165) is 30.7 Å². The summed E-state index contributed by atoms with van der Waals surface area (Å²) in [5.41, 5.74) is 5.49. The van der Waals surface area contributed by atoms with Gasteiger partial charge in [0.1, 0.15) is 6.04 Å². The van der Waals surface area contributed by atoms with Gasteiger partial charge in [0.15, 0.2) is 5.78 Å². The highest BCUT2D eigenvalue weighted by Crippen LogP contribution is 2.15. The van der Waals surface area contributed by atoms with Gasteiger partial charge in [0, 0.05) is 13.3 Å². The minimum Gasteiger partial charge on any atom is -0.368 e. The van der Waals surface area contributed by atoms with Gasteiger partial charge in [-0.15, -0.1) is 0 Å². The van der Waals surface area contributed by atoms with Gasteiger partial charge < -0.3 is 10.6 Å². The first kappa shape index (κ1) is 25.4. The molecule has 0 aromatic rings. The molecular formula is C21H41N3O3. The molecule has 158 valence electrons. The van der Waals surface area contributed by atoms with Gasteiger partial charge in [-0.1, -0.05) is 84.5 Å². The van der Waals surface area contributed by atoms with Crippen molar-refractivity contribution in [2.45, 2.75) is 117 Å². The molecule has 0 saturated carbocycles. The van der Waals surface area contributed by atoms with Crippen LogP contribution in [0.15, 0.2) is 0 Å². The summed E-state index contributed by atoms with van der Waals surface area (Å²) < 4.78 is 0. The number of nitrogens with one attached hydrogen (secondary N) is 1. The van der Waals surface area contributed by atoms with E-state index in [1.54, 1.807) is 0 Å². The molecule has 0 bridgehead atoms. The average Bonchev–Trinajstić information content (AvgIpc) is 2.62. The van der Waals surface area contributed by atoms with E-state index in [9.17, 15) is 9.59 Å². The number of unbranched alkanes of at least 4 members (excludes halogenated alkanes) is 10. The first-order valence-corrected chi connectivity index (χ1v) is 10.8. The maximum atomic E-state index is 12.5. The Balaban J connectivity index is 4.04. The van der Waals surface area contributed by atoms with Crippen molar-refractivity contribution in [1.29, 1.82) is 5.41 Å². The standard InChI is InChI=1S/C21H41N3O3/c1-4-6-7-8-9-10-11-12-13-14-15-17-20(26)19(16-5-2)24(21(22)23)27-18(3)25/h19H,4-17H2,1-3H3,(H3,22,23). The van der Waals surface area contributed by atoms with Crippen molar-refractivity contribution in [2.75, 3.05) is 0 Å². The van der Waals surface area contributed by atoms with E-state index < -0.39 is 18.0 Å². The number of guanidine groups is 1. The fourth-order valence-corrected chi connectivity index (χ4v) is 3.23. The van der Waals surface area contributed by atoms with Crippen LogP contribution in [0.25, 0.3) is 0 Å². The molecule has 0 aliphatic heterocycles. The van der Waals surface area contributed by atoms with Crippen LogP contribution in [0.3, 0.4) is 0 Å². The minimum absolute atomic E-state index is 0.00998. The summed E-state index contributed by atoms with van der Waals surface area (Å²) in [6, 6.07) is -0.653. The van der Waals surface area contributed by atoms with Gasteiger partial charge >= 0.3 is 5.97 Å². The molecule has 0 aliphatic carbocycles. The maximum absolute atomic E-state index is 12.5. The Morgan fingerprint density at radius 1 is 0.889 bits per heavy atom. The normalized spacial score (nSPS) is 11.8. The number of hydroxylamine groups is 2. The van der Waals surface area contributed by atoms with Gasteiger partial charge in [0.25, 0.3) is 0 Å². The number of nitrogens with zero attached hydrogens (tertiary/aromatic N) is 1. The summed E-state index contributed by atoms with van der Waals surface area (Å²) >= 11 is 0. The average molecular weight is 384 g/mol. The highest BCUT2D eigenvalue weighted by atomic mass is 16.7. The molecule has 3 N–H and O–H groups in total. The predicted molar refractivity (Wildman–Crippen MR) is 110 cm³/mol. The topological polar surface area (TPSA) is 96.5 Å². The van der Waals surface area contributed by atoms with Crippen molar-refractivity contribution in [1.82, 2.24) is 5.06 Å². The number of carbonyl (C=O) groups is 2. The third-order valence-electron chi connectivity index (χ3n) is 4.71. The molecule has 27 heavy (non-hydrogen) atoms. The highest BCUT2D eigenvalue weighted by molar-refractivity contribution is 5.88. The molecule has 0 saturated heterocycles. The molecule has 0 radical (unpaired) electrons. The zero-order valence-electron chi connectivity index (χ0n) is 17.7. The van der Waals surface area contributed by atoms with Gasteiger partial charge in [0.2, 0.25) is 5.96 Å². The van der Waals surface area contributed by atoms with Crippen molar-refractivity contribution in [3.8, 4) is 0 Å². The van der Waals surface area contributed by atoms with Crippen molar-refractivity contribution >= 4 is 17.7 Å². The van der Waals surface area contributed by atoms with E-state index >= 15 is 0 Å². The van der Waals surface area contributed by atoms with E-state index in [1.807, 2.05) is 6.92 Å². The Morgan fingerprint density at radius 3 is 1.78 bits per heavy atom. The van der Waals surface area contributed by atoms with Gasteiger partial charge in [-0.3, -0.25) is 15.0 Å². The summed E-state index contributed by atoms with van der Waals surface area (Å²) in [5.74, 6) is -0.992. The zero-order valence-corrected chi connectivity index (χ0v) is 17.7. The molecule has 0 fully saturated rings. The second kappa shape index (κ2) is 16.6. The Labute approximate surface area is 165 Å². The van der Waals surface area contributed by atoms with Gasteiger partial charge in [0.05, 0.1) is 0 Å². The molecule has 6 heteroatoms. The Bertz CT molecular complexity index is 427. The number of hydrogen-bond donors (Lipinski definition) is 2. The summed E-state index contributed by atoms with van der Waals surface area (Å²) in [6.07, 6.45) is 15.3. The van der Waals surface area contributed by atoms with E-state index in [-0.39, 0.29) is 5.78 Å². The molecule has 0 aliphatic rings. The zero-order chi connectivity index (χ0) is 20.5. The first-order valence-electron chi connectivity index (χ1n) is 10.8. The van der Waals surface area contributed by atoms with Crippen LogP contribution in [-0.2, 0) is 14.4 Å². The summed E-state index contributed by atoms with van der Waals surface area (Å²) in [6.45, 7) is 5.44. The number of hydrogen-bond acceptors (Lipinski definition) is 4. The lowest BCUT2D eigenvalue weighted by Crippen LogP contribution is -2.48. The van der Waals surface area contributed by atoms with Crippen LogP contribution in [0.5, 0.6) is 0 Å². The van der Waals surface area contributed by atoms with Crippen LogP contribution in [0.2, 0.25) is 0 Å². The molecule has 0 aromatic carbocycles. The lowest BCUT2D eigenvalue weighted by molar-refractivity contribution is -0.179. The van der Waals surface area contributed by atoms with Crippen molar-refractivity contribution in [3.63, 3.8) is 0 Å². The van der Waals surface area contributed by atoms with E-state index in [0.29, 0.717) is 12.8 Å². The molecule has 1 atom stereocenters. The summed E-state index contributed by atoms with van der Waals surface area (Å²) in [4.78, 5) is 28.7. The van der Waals surface area contributed by atoms with Crippen LogP contribution in [0.4, 0.5) is 0 Å². The van der Waals surface area contributed by atoms with Crippen LogP contribution in [0.1, 0.15) is 111 Å². The van der Waals surface area contributed by atoms with Crippen molar-refractivity contribution in [3.05, 3.63) is 0 Å². The quantitative estimate of drug-likeness (QED) is 0.167. The summed E-state index contributed by atoms with van der Waals surface area (Å²) in [7, 11) is 0. The molecule has 0 amide bonds. The second-order valence-corrected chi connectivity index (χ2v) is 7.35. The molecule has 0 heterocycles. The predicted octanol–water partition coefficient (Wildman–Crippen LogP) is 5.10. The third kappa shape index (κ3) is 13.3. The second-order valence-electron chi connectivity index (χ2n) is 7.35. The molecule has 0 rings (SSSR count). The fraction of sp³-hybridized carbons (Fsp3) is 0.857. The van der Waals surface area contributed by atoms with Gasteiger partial charge in [-0.2, -0.15) is 5.06 Å².